The third-order valence-corrected chi connectivity index (χ3v) is 4.08. The third-order valence-electron chi connectivity index (χ3n) is 3.88. The van der Waals surface area contributed by atoms with Crippen LogP contribution in [0.2, 0.25) is 0 Å². The standard InChI is InChI=1S/C19H20N4S/c1-14-7-3-5-9-16(14)12-23-13-17(11-20-23)21-19(24)22-18-10-6-4-8-15(18)2/h3-11,13H,12H2,1-2H3,(H2,21,22,24). The van der Waals surface area contributed by atoms with E-state index >= 15 is 0 Å². The fourth-order valence-electron chi connectivity index (χ4n) is 2.47. The smallest absolute Gasteiger partial charge is 0.175 e. The number of para-hydroxylation sites is 1. The maximum absolute atomic E-state index is 5.38. The first kappa shape index (κ1) is 16.2. The minimum Gasteiger partial charge on any atom is -0.332 e. The zero-order valence-corrected chi connectivity index (χ0v) is 14.6. The molecule has 0 atom stereocenters. The maximum atomic E-state index is 5.38. The summed E-state index contributed by atoms with van der Waals surface area (Å²) < 4.78 is 1.90. The lowest BCUT2D eigenvalue weighted by Gasteiger charge is -2.11. The molecule has 3 aromatic rings. The molecule has 0 spiro atoms. The minimum absolute atomic E-state index is 0.555. The van der Waals surface area contributed by atoms with E-state index in [2.05, 4.69) is 34.8 Å². The van der Waals surface area contributed by atoms with Gasteiger partial charge in [0.25, 0.3) is 0 Å². The van der Waals surface area contributed by atoms with Gasteiger partial charge in [-0.25, -0.2) is 0 Å². The first-order chi connectivity index (χ1) is 11.6. The lowest BCUT2D eigenvalue weighted by Crippen LogP contribution is -2.19. The summed E-state index contributed by atoms with van der Waals surface area (Å²) in [5.41, 5.74) is 5.54. The number of nitrogens with zero attached hydrogens (tertiary/aromatic N) is 2. The normalized spacial score (nSPS) is 10.4. The molecule has 0 aliphatic carbocycles. The van der Waals surface area contributed by atoms with Crippen LogP contribution in [0.3, 0.4) is 0 Å². The molecule has 5 heteroatoms. The predicted octanol–water partition coefficient (Wildman–Crippen LogP) is 4.36. The van der Waals surface area contributed by atoms with E-state index in [9.17, 15) is 0 Å². The molecule has 0 unspecified atom stereocenters. The van der Waals surface area contributed by atoms with Gasteiger partial charge in [-0.05, 0) is 48.8 Å². The highest BCUT2D eigenvalue weighted by Crippen LogP contribution is 2.15. The summed E-state index contributed by atoms with van der Waals surface area (Å²) in [4.78, 5) is 0. The first-order valence-electron chi connectivity index (χ1n) is 7.82. The molecular formula is C19H20N4S. The number of benzene rings is 2. The molecule has 3 rings (SSSR count). The van der Waals surface area contributed by atoms with Crippen molar-refractivity contribution >= 4 is 28.7 Å². The number of nitrogens with one attached hydrogen (secondary N) is 2. The number of aromatic nitrogens is 2. The van der Waals surface area contributed by atoms with Gasteiger partial charge >= 0.3 is 0 Å². The van der Waals surface area contributed by atoms with Gasteiger partial charge in [-0.1, -0.05) is 42.5 Å². The number of rotatable bonds is 4. The minimum atomic E-state index is 0.555. The van der Waals surface area contributed by atoms with Crippen molar-refractivity contribution in [3.8, 4) is 0 Å². The third kappa shape index (κ3) is 4.00. The summed E-state index contributed by atoms with van der Waals surface area (Å²) in [5.74, 6) is 0. The van der Waals surface area contributed by atoms with Crippen LogP contribution >= 0.6 is 12.2 Å². The van der Waals surface area contributed by atoms with Crippen molar-refractivity contribution in [1.82, 2.24) is 9.78 Å². The van der Waals surface area contributed by atoms with E-state index in [0.29, 0.717) is 5.11 Å². The predicted molar refractivity (Wildman–Crippen MR) is 104 cm³/mol. The van der Waals surface area contributed by atoms with E-state index in [0.717, 1.165) is 23.5 Å². The van der Waals surface area contributed by atoms with Crippen molar-refractivity contribution in [2.75, 3.05) is 10.6 Å². The summed E-state index contributed by atoms with van der Waals surface area (Å²) >= 11 is 5.38. The van der Waals surface area contributed by atoms with Crippen molar-refractivity contribution in [3.05, 3.63) is 77.6 Å². The quantitative estimate of drug-likeness (QED) is 0.695. The van der Waals surface area contributed by atoms with Crippen LogP contribution in [0.15, 0.2) is 60.9 Å². The van der Waals surface area contributed by atoms with Crippen LogP contribution in [-0.2, 0) is 6.54 Å². The van der Waals surface area contributed by atoms with Gasteiger partial charge in [0, 0.05) is 11.9 Å². The molecule has 24 heavy (non-hydrogen) atoms. The Bertz CT molecular complexity index is 854. The van der Waals surface area contributed by atoms with Crippen LogP contribution in [0, 0.1) is 13.8 Å². The molecule has 122 valence electrons. The lowest BCUT2D eigenvalue weighted by molar-refractivity contribution is 0.684. The molecule has 0 fully saturated rings. The topological polar surface area (TPSA) is 41.9 Å². The zero-order valence-electron chi connectivity index (χ0n) is 13.8. The summed E-state index contributed by atoms with van der Waals surface area (Å²) in [7, 11) is 0. The summed E-state index contributed by atoms with van der Waals surface area (Å²) in [5, 5.41) is 11.3. The van der Waals surface area contributed by atoms with Gasteiger partial charge in [0.2, 0.25) is 0 Å². The summed E-state index contributed by atoms with van der Waals surface area (Å²) in [6, 6.07) is 16.4. The van der Waals surface area contributed by atoms with Crippen molar-refractivity contribution < 1.29 is 0 Å². The van der Waals surface area contributed by atoms with Gasteiger partial charge in [-0.3, -0.25) is 4.68 Å². The number of anilines is 2. The molecular weight excluding hydrogens is 316 g/mol. The van der Waals surface area contributed by atoms with Crippen LogP contribution in [0.25, 0.3) is 0 Å². The van der Waals surface area contributed by atoms with E-state index in [1.807, 2.05) is 54.2 Å². The van der Waals surface area contributed by atoms with Crippen LogP contribution in [0.1, 0.15) is 16.7 Å². The Morgan fingerprint density at radius 1 is 1.00 bits per heavy atom. The van der Waals surface area contributed by atoms with Gasteiger partial charge in [0.1, 0.15) is 0 Å². The van der Waals surface area contributed by atoms with E-state index in [1.165, 1.54) is 11.1 Å². The fourth-order valence-corrected chi connectivity index (χ4v) is 2.70. The number of thiocarbonyl (C=S) groups is 1. The second-order valence-electron chi connectivity index (χ2n) is 5.75. The van der Waals surface area contributed by atoms with Crippen LogP contribution in [0.4, 0.5) is 11.4 Å². The number of hydrogen-bond acceptors (Lipinski definition) is 2. The molecule has 0 aliphatic heterocycles. The highest BCUT2D eigenvalue weighted by Gasteiger charge is 2.05. The molecule has 4 nitrogen and oxygen atoms in total. The van der Waals surface area contributed by atoms with E-state index in [-0.39, 0.29) is 0 Å². The van der Waals surface area contributed by atoms with E-state index in [1.54, 1.807) is 6.20 Å². The number of hydrogen-bond donors (Lipinski definition) is 2. The SMILES string of the molecule is Cc1ccccc1Cn1cc(NC(=S)Nc2ccccc2C)cn1. The summed E-state index contributed by atoms with van der Waals surface area (Å²) in [6.45, 7) is 4.90. The molecule has 1 aromatic heterocycles. The second kappa shape index (κ2) is 7.27. The first-order valence-corrected chi connectivity index (χ1v) is 8.23. The average molecular weight is 336 g/mol. The summed E-state index contributed by atoms with van der Waals surface area (Å²) in [6.07, 6.45) is 3.74. The van der Waals surface area contributed by atoms with Crippen LogP contribution in [-0.4, -0.2) is 14.9 Å². The molecule has 0 bridgehead atoms. The number of aryl methyl sites for hydroxylation is 2. The molecule has 2 N–H and O–H groups in total. The van der Waals surface area contributed by atoms with Gasteiger partial charge in [-0.15, -0.1) is 0 Å². The van der Waals surface area contributed by atoms with Crippen molar-refractivity contribution in [3.63, 3.8) is 0 Å². The van der Waals surface area contributed by atoms with Gasteiger partial charge in [0.15, 0.2) is 5.11 Å². The molecule has 2 aromatic carbocycles. The van der Waals surface area contributed by atoms with E-state index in [4.69, 9.17) is 12.2 Å². The Labute approximate surface area is 147 Å². The van der Waals surface area contributed by atoms with Gasteiger partial charge in [-0.2, -0.15) is 5.10 Å². The van der Waals surface area contributed by atoms with Gasteiger partial charge < -0.3 is 10.6 Å². The van der Waals surface area contributed by atoms with Crippen LogP contribution < -0.4 is 10.6 Å². The van der Waals surface area contributed by atoms with Crippen LogP contribution in [0.5, 0.6) is 0 Å². The maximum Gasteiger partial charge on any atom is 0.175 e. The van der Waals surface area contributed by atoms with Crippen molar-refractivity contribution in [2.24, 2.45) is 0 Å². The molecule has 0 aliphatic rings. The zero-order chi connectivity index (χ0) is 16.9. The molecule has 0 saturated carbocycles. The Morgan fingerprint density at radius 2 is 1.71 bits per heavy atom. The highest BCUT2D eigenvalue weighted by molar-refractivity contribution is 7.80. The fraction of sp³-hybridized carbons (Fsp3) is 0.158. The lowest BCUT2D eigenvalue weighted by atomic mass is 10.1. The Hall–Kier alpha value is -2.66. The van der Waals surface area contributed by atoms with Crippen molar-refractivity contribution in [2.45, 2.75) is 20.4 Å². The largest absolute Gasteiger partial charge is 0.332 e. The molecule has 1 heterocycles. The van der Waals surface area contributed by atoms with Gasteiger partial charge in [0.05, 0.1) is 18.4 Å². The molecule has 0 saturated heterocycles. The molecule has 0 amide bonds. The Morgan fingerprint density at radius 3 is 2.46 bits per heavy atom. The Kier molecular flexibility index (Phi) is 4.91. The molecule has 0 radical (unpaired) electrons. The highest BCUT2D eigenvalue weighted by atomic mass is 32.1. The second-order valence-corrected chi connectivity index (χ2v) is 6.16. The average Bonchev–Trinajstić information content (AvgIpc) is 2.99. The van der Waals surface area contributed by atoms with Crippen molar-refractivity contribution in [1.29, 1.82) is 0 Å². The van der Waals surface area contributed by atoms with E-state index < -0.39 is 0 Å². The Balaban J connectivity index is 1.63. The monoisotopic (exact) mass is 336 g/mol.